The molecule has 46 heteroatoms. The number of benzene rings is 2. The summed E-state index contributed by atoms with van der Waals surface area (Å²) in [6.07, 6.45) is 5.04. The zero-order chi connectivity index (χ0) is 89.1. The molecule has 0 radical (unpaired) electrons. The van der Waals surface area contributed by atoms with Crippen molar-refractivity contribution in [3.8, 4) is 11.5 Å². The molecule has 0 unspecified atom stereocenters. The van der Waals surface area contributed by atoms with Crippen LogP contribution >= 0.6 is 0 Å². The number of carbonyl (C=O) groups is 18. The molecule has 0 bridgehead atoms. The van der Waals surface area contributed by atoms with Crippen LogP contribution in [0.4, 0.5) is 11.6 Å². The van der Waals surface area contributed by atoms with Crippen molar-refractivity contribution in [1.82, 2.24) is 98.9 Å². The average molecular weight is 1690 g/mol. The van der Waals surface area contributed by atoms with Crippen molar-refractivity contribution < 1.29 is 96.5 Å². The lowest BCUT2D eigenvalue weighted by Gasteiger charge is -2.25. The molecule has 46 nitrogen and oxygen atoms in total. The molecule has 658 valence electrons. The van der Waals surface area contributed by atoms with Crippen LogP contribution in [-0.4, -0.2) is 256 Å². The van der Waals surface area contributed by atoms with Gasteiger partial charge < -0.3 is 138 Å². The topological polar surface area (TPSA) is 718 Å². The van der Waals surface area contributed by atoms with E-state index in [2.05, 4.69) is 100 Å². The van der Waals surface area contributed by atoms with Crippen LogP contribution in [0.25, 0.3) is 0 Å². The summed E-state index contributed by atoms with van der Waals surface area (Å²) in [5.41, 5.74) is 30.0. The van der Waals surface area contributed by atoms with E-state index in [0.29, 0.717) is 36.8 Å². The number of phenolic OH excluding ortho intramolecular Hbond substituents is 2. The van der Waals surface area contributed by atoms with Gasteiger partial charge in [0.05, 0.1) is 71.0 Å². The molecule has 0 saturated carbocycles. The minimum Gasteiger partial charge on any atom is -0.508 e. The fraction of sp³-hybridized carbons (Fsp3) is 0.514. The third kappa shape index (κ3) is 37.4. The summed E-state index contributed by atoms with van der Waals surface area (Å²) in [6, 6.07) is 3.91. The molecular weight excluding hydrogens is 1570 g/mol. The van der Waals surface area contributed by atoms with E-state index < -0.39 is 219 Å². The van der Waals surface area contributed by atoms with Crippen LogP contribution in [0.15, 0.2) is 60.9 Å². The summed E-state index contributed by atoms with van der Waals surface area (Å²) in [5.74, 6) is -15.8. The molecule has 2 aromatic carbocycles. The van der Waals surface area contributed by atoms with Gasteiger partial charge in [-0.05, 0) is 131 Å². The van der Waals surface area contributed by atoms with E-state index in [1.165, 1.54) is 59.9 Å². The molecular formula is C74H112N26O20. The van der Waals surface area contributed by atoms with Crippen LogP contribution in [0.5, 0.6) is 11.5 Å². The summed E-state index contributed by atoms with van der Waals surface area (Å²) in [5, 5.41) is 60.4. The normalized spacial score (nSPS) is 12.6. The van der Waals surface area contributed by atoms with Gasteiger partial charge in [-0.2, -0.15) is 0 Å². The Bertz CT molecular complexity index is 4210. The SMILES string of the molecule is CC(C)[C@H](NC(=O)[C@H](CCCCN)NC(=O)c1nc(NC(=O)[C@@H](N)Cc2ccc(O)cc2)cn1C)C(=O)NCC(=O)NCC(=O)NCC(=O)NCCCC[C@H](NC(=O)CNC(=O)CNC(=O)CNC(=O)[C@@H](NC(=O)[C@H](CCCCN)NC(=O)c1nc(NC(=O)[C@@H](N)Cc2ccc(O)cc2)cn1C)C(C)C)C(=O)NCC(=O)NCC(=O)NCC(N)=O. The molecule has 0 aliphatic carbocycles. The number of aromatic nitrogens is 4. The van der Waals surface area contributed by atoms with Crippen molar-refractivity contribution in [3.05, 3.63) is 83.7 Å². The first kappa shape index (κ1) is 99.1. The van der Waals surface area contributed by atoms with Crippen molar-refractivity contribution in [2.45, 2.75) is 141 Å². The number of aryl methyl sites for hydroxylation is 2. The number of primary amides is 1. The zero-order valence-corrected chi connectivity index (χ0v) is 67.7. The van der Waals surface area contributed by atoms with Crippen LogP contribution in [-0.2, 0) is 104 Å². The predicted octanol–water partition coefficient (Wildman–Crippen LogP) is -8.68. The molecule has 18 amide bonds. The van der Waals surface area contributed by atoms with Gasteiger partial charge in [0.15, 0.2) is 11.6 Å². The van der Waals surface area contributed by atoms with E-state index in [-0.39, 0.29) is 99.4 Å². The van der Waals surface area contributed by atoms with Gasteiger partial charge in [-0.25, -0.2) is 9.97 Å². The lowest BCUT2D eigenvalue weighted by molar-refractivity contribution is -0.132. The number of aromatic hydroxyl groups is 2. The van der Waals surface area contributed by atoms with E-state index in [9.17, 15) is 96.5 Å². The van der Waals surface area contributed by atoms with Gasteiger partial charge in [-0.1, -0.05) is 52.0 Å². The highest BCUT2D eigenvalue weighted by Gasteiger charge is 2.34. The van der Waals surface area contributed by atoms with Crippen LogP contribution < -0.4 is 119 Å². The van der Waals surface area contributed by atoms with Crippen LogP contribution in [0.1, 0.15) is 118 Å². The van der Waals surface area contributed by atoms with E-state index in [1.807, 2.05) is 0 Å². The number of unbranched alkanes of at least 4 members (excludes halogenated alkanes) is 3. The Labute approximate surface area is 690 Å². The van der Waals surface area contributed by atoms with Gasteiger partial charge in [0, 0.05) is 33.0 Å². The monoisotopic (exact) mass is 1680 g/mol. The second-order valence-electron chi connectivity index (χ2n) is 28.4. The maximum Gasteiger partial charge on any atom is 0.288 e. The van der Waals surface area contributed by atoms with Crippen molar-refractivity contribution >= 4 is 118 Å². The van der Waals surface area contributed by atoms with Crippen LogP contribution in [0.2, 0.25) is 0 Å². The number of anilines is 2. The molecule has 0 aliphatic heterocycles. The molecule has 0 saturated heterocycles. The second kappa shape index (κ2) is 51.8. The first-order valence-corrected chi connectivity index (χ1v) is 38.5. The predicted molar refractivity (Wildman–Crippen MR) is 430 cm³/mol. The molecule has 29 N–H and O–H groups in total. The summed E-state index contributed by atoms with van der Waals surface area (Å²) in [6.45, 7) is 1.15. The maximum atomic E-state index is 13.8. The quantitative estimate of drug-likeness (QED) is 0.0183. The van der Waals surface area contributed by atoms with Gasteiger partial charge in [0.25, 0.3) is 11.8 Å². The highest BCUT2D eigenvalue weighted by molar-refractivity contribution is 6.01. The Hall–Kier alpha value is -13.2. The third-order valence-corrected chi connectivity index (χ3v) is 17.6. The first-order valence-electron chi connectivity index (χ1n) is 38.5. The lowest BCUT2D eigenvalue weighted by atomic mass is 10.0. The number of hydrogen-bond donors (Lipinski definition) is 24. The molecule has 2 aromatic heterocycles. The van der Waals surface area contributed by atoms with E-state index in [1.54, 1.807) is 52.0 Å². The van der Waals surface area contributed by atoms with Crippen molar-refractivity contribution in [2.75, 3.05) is 89.2 Å². The van der Waals surface area contributed by atoms with Gasteiger partial charge in [0.2, 0.25) is 106 Å². The summed E-state index contributed by atoms with van der Waals surface area (Å²) in [4.78, 5) is 242. The number of nitrogens with two attached hydrogens (primary N) is 5. The zero-order valence-electron chi connectivity index (χ0n) is 67.7. The van der Waals surface area contributed by atoms with Gasteiger partial charge in [-0.3, -0.25) is 86.3 Å². The van der Waals surface area contributed by atoms with Gasteiger partial charge in [0.1, 0.15) is 41.7 Å². The molecule has 120 heavy (non-hydrogen) atoms. The Morgan fingerprint density at radius 3 is 1.02 bits per heavy atom. The largest absolute Gasteiger partial charge is 0.508 e. The Morgan fingerprint density at radius 1 is 0.367 bits per heavy atom. The number of nitrogens with one attached hydrogen (secondary N) is 17. The molecule has 4 aromatic rings. The Morgan fingerprint density at radius 2 is 0.675 bits per heavy atom. The molecule has 0 fully saturated rings. The number of hydrogen-bond acceptors (Lipinski definition) is 26. The molecule has 0 spiro atoms. The number of nitrogens with zero attached hydrogens (tertiary/aromatic N) is 4. The van der Waals surface area contributed by atoms with Gasteiger partial charge in [-0.15, -0.1) is 0 Å². The number of rotatable bonds is 53. The second-order valence-corrected chi connectivity index (χ2v) is 28.4. The highest BCUT2D eigenvalue weighted by atomic mass is 16.3. The standard InChI is InChI=1S/C74H112N26O20/c1-40(2)62(97-69(115)49(13-7-10-24-75)91-73(119)64-93-52(38-99(64)5)95-66(112)46(77)27-42-16-20-44(101)21-17-42)71(117)88-35-59(109)84-32-56(106)82-30-54(104)80-26-12-9-15-48(68(114)87-34-58(108)83-31-55(105)81-29-51(79)103)90-61(111)37-86-57(107)33-85-60(110)36-89-72(118)63(41(3)4)98-70(116)50(14-8-11-25-76)92-74(120)65-94-53(39-100(65)6)96-67(113)47(78)28-43-18-22-45(102)23-19-43/h16-23,38-41,46-50,62-63,101-102H,7-15,24-37,75-78H2,1-6H3,(H2,79,103)(H,80,104)(H,81,105)(H,82,106)(H,83,108)(H,84,109)(H,85,110)(H,86,107)(H,87,114)(H,88,117)(H,89,118)(H,90,111)(H,91,119)(H,92,120)(H,95,112)(H,96,113)(H,97,115)(H,98,116)/t46-,47-,48-,49-,50-,62-,63-/m0/s1. The van der Waals surface area contributed by atoms with Gasteiger partial charge >= 0.3 is 0 Å². The minimum atomic E-state index is -1.38. The van der Waals surface area contributed by atoms with Crippen LogP contribution in [0.3, 0.4) is 0 Å². The van der Waals surface area contributed by atoms with Crippen molar-refractivity contribution in [3.63, 3.8) is 0 Å². The number of imidazole rings is 2. The minimum absolute atomic E-state index is 0.00389. The fourth-order valence-electron chi connectivity index (χ4n) is 11.0. The summed E-state index contributed by atoms with van der Waals surface area (Å²) < 4.78 is 2.64. The maximum absolute atomic E-state index is 13.8. The third-order valence-electron chi connectivity index (χ3n) is 17.6. The van der Waals surface area contributed by atoms with E-state index >= 15 is 0 Å². The van der Waals surface area contributed by atoms with Crippen LogP contribution in [0, 0.1) is 11.8 Å². The highest BCUT2D eigenvalue weighted by Crippen LogP contribution is 2.17. The van der Waals surface area contributed by atoms with Crippen molar-refractivity contribution in [1.29, 1.82) is 0 Å². The Kier molecular flexibility index (Phi) is 42.7. The number of amides is 18. The molecule has 4 rings (SSSR count). The van der Waals surface area contributed by atoms with Crippen molar-refractivity contribution in [2.24, 2.45) is 54.6 Å². The summed E-state index contributed by atoms with van der Waals surface area (Å²) >= 11 is 0. The smallest absolute Gasteiger partial charge is 0.288 e. The molecule has 7 atom stereocenters. The molecule has 0 aliphatic rings. The van der Waals surface area contributed by atoms with E-state index in [0.717, 1.165) is 0 Å². The fourth-order valence-corrected chi connectivity index (χ4v) is 11.0. The average Bonchev–Trinajstić information content (AvgIpc) is 1.69. The Balaban J connectivity index is 1.22. The number of phenols is 2. The lowest BCUT2D eigenvalue weighted by Crippen LogP contribution is -2.56. The van der Waals surface area contributed by atoms with E-state index in [4.69, 9.17) is 28.7 Å². The first-order chi connectivity index (χ1) is 56.9. The number of carbonyl (C=O) groups excluding carboxylic acids is 18. The summed E-state index contributed by atoms with van der Waals surface area (Å²) in [7, 11) is 2.97. The molecule has 2 heterocycles.